The zero-order chi connectivity index (χ0) is 16.2. The van der Waals surface area contributed by atoms with Gasteiger partial charge in [-0.2, -0.15) is 5.10 Å². The second kappa shape index (κ2) is 6.76. The number of aromatic nitrogens is 2. The molecule has 116 valence electrons. The molecule has 23 heavy (non-hydrogen) atoms. The van der Waals surface area contributed by atoms with Gasteiger partial charge in [0.2, 0.25) is 0 Å². The number of nitrogens with zero attached hydrogens (tertiary/aromatic N) is 3. The normalized spacial score (nSPS) is 11.0. The van der Waals surface area contributed by atoms with Gasteiger partial charge in [-0.3, -0.25) is 4.79 Å². The highest BCUT2D eigenvalue weighted by molar-refractivity contribution is 7.16. The summed E-state index contributed by atoms with van der Waals surface area (Å²) in [5.74, 6) is -0.274. The van der Waals surface area contributed by atoms with Crippen LogP contribution in [0.5, 0.6) is 0 Å². The molecule has 0 saturated heterocycles. The average Bonchev–Trinajstić information content (AvgIpc) is 3.18. The van der Waals surface area contributed by atoms with Crippen LogP contribution in [-0.4, -0.2) is 21.7 Å². The van der Waals surface area contributed by atoms with Gasteiger partial charge in [-0.25, -0.2) is 10.4 Å². The van der Waals surface area contributed by atoms with Crippen LogP contribution in [0.4, 0.5) is 0 Å². The van der Waals surface area contributed by atoms with E-state index in [4.69, 9.17) is 11.6 Å². The molecular formula is C16H13ClN4OS. The average molecular weight is 345 g/mol. The Labute approximate surface area is 142 Å². The van der Waals surface area contributed by atoms with E-state index in [1.807, 2.05) is 41.2 Å². The number of nitrogens with one attached hydrogen (secondary N) is 1. The Balaban J connectivity index is 1.70. The number of hydrogen-bond acceptors (Lipinski definition) is 4. The molecule has 0 unspecified atom stereocenters. The molecule has 1 N–H and O–H groups in total. The van der Waals surface area contributed by atoms with E-state index < -0.39 is 0 Å². The van der Waals surface area contributed by atoms with Crippen LogP contribution < -0.4 is 5.43 Å². The lowest BCUT2D eigenvalue weighted by atomic mass is 10.2. The molecule has 1 amide bonds. The summed E-state index contributed by atoms with van der Waals surface area (Å²) in [6, 6.07) is 11.0. The minimum atomic E-state index is -0.274. The van der Waals surface area contributed by atoms with Crippen LogP contribution in [0.2, 0.25) is 5.02 Å². The minimum Gasteiger partial charge on any atom is -0.300 e. The molecule has 7 heteroatoms. The lowest BCUT2D eigenvalue weighted by Gasteiger charge is -1.97. The first-order valence-corrected chi connectivity index (χ1v) is 8.02. The summed E-state index contributed by atoms with van der Waals surface area (Å²) in [7, 11) is 0. The number of thiazole rings is 1. The molecular weight excluding hydrogens is 332 g/mol. The van der Waals surface area contributed by atoms with Crippen LogP contribution >= 0.6 is 22.9 Å². The summed E-state index contributed by atoms with van der Waals surface area (Å²) in [6.45, 7) is 1.81. The second-order valence-electron chi connectivity index (χ2n) is 4.75. The number of benzene rings is 1. The maximum Gasteiger partial charge on any atom is 0.283 e. The van der Waals surface area contributed by atoms with Crippen molar-refractivity contribution in [3.05, 3.63) is 69.9 Å². The highest BCUT2D eigenvalue weighted by atomic mass is 35.5. The first-order chi connectivity index (χ1) is 11.1. The number of amides is 1. The highest BCUT2D eigenvalue weighted by Gasteiger charge is 2.15. The van der Waals surface area contributed by atoms with E-state index in [0.29, 0.717) is 15.6 Å². The maximum atomic E-state index is 12.2. The van der Waals surface area contributed by atoms with Gasteiger partial charge in [0.25, 0.3) is 5.91 Å². The molecule has 0 bridgehead atoms. The molecule has 0 fully saturated rings. The molecule has 0 radical (unpaired) electrons. The van der Waals surface area contributed by atoms with Gasteiger partial charge in [-0.05, 0) is 36.8 Å². The standard InChI is InChI=1S/C16H13ClN4OS/c1-11-14(23-16(19-11)21-8-2-3-9-21)15(22)20-18-10-12-4-6-13(17)7-5-12/h2-10H,1H3,(H,20,22)/b18-10-. The largest absolute Gasteiger partial charge is 0.300 e. The van der Waals surface area contributed by atoms with Crippen molar-refractivity contribution in [2.45, 2.75) is 6.92 Å². The first kappa shape index (κ1) is 15.5. The predicted octanol–water partition coefficient (Wildman–Crippen LogP) is 3.66. The zero-order valence-corrected chi connectivity index (χ0v) is 13.8. The molecule has 0 aliphatic heterocycles. The molecule has 0 spiro atoms. The molecule has 1 aromatic carbocycles. The molecule has 5 nitrogen and oxygen atoms in total. The molecule has 0 atom stereocenters. The Hall–Kier alpha value is -2.44. The van der Waals surface area contributed by atoms with Gasteiger partial charge in [-0.15, -0.1) is 0 Å². The van der Waals surface area contributed by atoms with Crippen LogP contribution in [0.3, 0.4) is 0 Å². The number of carbonyl (C=O) groups is 1. The maximum absolute atomic E-state index is 12.2. The molecule has 2 heterocycles. The topological polar surface area (TPSA) is 59.3 Å². The van der Waals surface area contributed by atoms with Crippen molar-refractivity contribution >= 4 is 35.1 Å². The third-order valence-corrected chi connectivity index (χ3v) is 4.49. The summed E-state index contributed by atoms with van der Waals surface area (Å²) in [5.41, 5.74) is 4.05. The fraction of sp³-hybridized carbons (Fsp3) is 0.0625. The Morgan fingerprint density at radius 3 is 2.70 bits per heavy atom. The Morgan fingerprint density at radius 2 is 2.00 bits per heavy atom. The summed E-state index contributed by atoms with van der Waals surface area (Å²) in [6.07, 6.45) is 5.34. The number of carbonyl (C=O) groups excluding carboxylic acids is 1. The Bertz CT molecular complexity index is 838. The molecule has 0 aliphatic rings. The van der Waals surface area contributed by atoms with Gasteiger partial charge >= 0.3 is 0 Å². The lowest BCUT2D eigenvalue weighted by molar-refractivity contribution is 0.0958. The zero-order valence-electron chi connectivity index (χ0n) is 12.2. The van der Waals surface area contributed by atoms with Crippen molar-refractivity contribution in [2.24, 2.45) is 5.10 Å². The van der Waals surface area contributed by atoms with Gasteiger partial charge in [-0.1, -0.05) is 35.1 Å². The SMILES string of the molecule is Cc1nc(-n2cccc2)sc1C(=O)N/N=C\c1ccc(Cl)cc1. The number of rotatable bonds is 4. The van der Waals surface area contributed by atoms with E-state index in [1.54, 1.807) is 25.3 Å². The van der Waals surface area contributed by atoms with Gasteiger partial charge in [0.05, 0.1) is 11.9 Å². The summed E-state index contributed by atoms with van der Waals surface area (Å²) >= 11 is 7.14. The van der Waals surface area contributed by atoms with E-state index in [2.05, 4.69) is 15.5 Å². The van der Waals surface area contributed by atoms with Gasteiger partial charge in [0.15, 0.2) is 5.13 Å². The fourth-order valence-electron chi connectivity index (χ4n) is 1.93. The number of hydrogen-bond donors (Lipinski definition) is 1. The monoisotopic (exact) mass is 344 g/mol. The van der Waals surface area contributed by atoms with Crippen molar-refractivity contribution in [2.75, 3.05) is 0 Å². The van der Waals surface area contributed by atoms with Crippen molar-refractivity contribution in [1.82, 2.24) is 15.0 Å². The van der Waals surface area contributed by atoms with E-state index in [1.165, 1.54) is 11.3 Å². The summed E-state index contributed by atoms with van der Waals surface area (Å²) in [5, 5.41) is 5.37. The first-order valence-electron chi connectivity index (χ1n) is 6.83. The number of hydrazone groups is 1. The van der Waals surface area contributed by atoms with Crippen LogP contribution in [0.15, 0.2) is 53.9 Å². The van der Waals surface area contributed by atoms with E-state index in [-0.39, 0.29) is 5.91 Å². The molecule has 2 aromatic heterocycles. The van der Waals surface area contributed by atoms with Crippen LogP contribution in [-0.2, 0) is 0 Å². The lowest BCUT2D eigenvalue weighted by Crippen LogP contribution is -2.17. The third-order valence-electron chi connectivity index (χ3n) is 3.07. The van der Waals surface area contributed by atoms with E-state index >= 15 is 0 Å². The Morgan fingerprint density at radius 1 is 1.30 bits per heavy atom. The number of halogens is 1. The Kier molecular flexibility index (Phi) is 4.55. The number of aryl methyl sites for hydroxylation is 1. The molecule has 0 saturated carbocycles. The smallest absolute Gasteiger partial charge is 0.283 e. The van der Waals surface area contributed by atoms with Crippen molar-refractivity contribution in [3.8, 4) is 5.13 Å². The van der Waals surface area contributed by atoms with Crippen molar-refractivity contribution < 1.29 is 4.79 Å². The summed E-state index contributed by atoms with van der Waals surface area (Å²) in [4.78, 5) is 17.2. The molecule has 3 aromatic rings. The van der Waals surface area contributed by atoms with E-state index in [0.717, 1.165) is 10.7 Å². The van der Waals surface area contributed by atoms with Crippen LogP contribution in [0, 0.1) is 6.92 Å². The fourth-order valence-corrected chi connectivity index (χ4v) is 2.98. The third kappa shape index (κ3) is 3.67. The van der Waals surface area contributed by atoms with Crippen molar-refractivity contribution in [3.63, 3.8) is 0 Å². The van der Waals surface area contributed by atoms with Crippen LogP contribution in [0.1, 0.15) is 20.9 Å². The minimum absolute atomic E-state index is 0.274. The highest BCUT2D eigenvalue weighted by Crippen LogP contribution is 2.21. The molecule has 0 aliphatic carbocycles. The van der Waals surface area contributed by atoms with Gasteiger partial charge < -0.3 is 4.57 Å². The van der Waals surface area contributed by atoms with Gasteiger partial charge in [0.1, 0.15) is 4.88 Å². The van der Waals surface area contributed by atoms with Crippen molar-refractivity contribution in [1.29, 1.82) is 0 Å². The quantitative estimate of drug-likeness (QED) is 0.580. The van der Waals surface area contributed by atoms with Gasteiger partial charge in [0, 0.05) is 17.4 Å². The predicted molar refractivity (Wildman–Crippen MR) is 92.7 cm³/mol. The van der Waals surface area contributed by atoms with Crippen LogP contribution in [0.25, 0.3) is 5.13 Å². The second-order valence-corrected chi connectivity index (χ2v) is 6.17. The molecule has 3 rings (SSSR count). The summed E-state index contributed by atoms with van der Waals surface area (Å²) < 4.78 is 1.87. The van der Waals surface area contributed by atoms with E-state index in [9.17, 15) is 4.79 Å².